The molecule has 1 aliphatic rings. The second-order valence-electron chi connectivity index (χ2n) is 5.30. The minimum Gasteiger partial charge on any atom is -0.478 e. The minimum atomic E-state index is -0.858. The third kappa shape index (κ3) is 2.30. The number of hydrogen-bond acceptors (Lipinski definition) is 3. The largest absolute Gasteiger partial charge is 0.478 e. The van der Waals surface area contributed by atoms with E-state index >= 15 is 0 Å². The first-order valence-corrected chi connectivity index (χ1v) is 6.90. The highest BCUT2D eigenvalue weighted by atomic mass is 16.4. The number of nitrogens with one attached hydrogen (secondary N) is 1. The summed E-state index contributed by atoms with van der Waals surface area (Å²) >= 11 is 0. The highest BCUT2D eigenvalue weighted by Crippen LogP contribution is 2.26. The number of aryl methyl sites for hydroxylation is 1. The van der Waals surface area contributed by atoms with Gasteiger partial charge in [0.25, 0.3) is 0 Å². The van der Waals surface area contributed by atoms with Gasteiger partial charge in [0.05, 0.1) is 5.56 Å². The molecular weight excluding hydrogens is 254 g/mol. The quantitative estimate of drug-likeness (QED) is 0.884. The van der Waals surface area contributed by atoms with E-state index in [0.717, 1.165) is 49.2 Å². The van der Waals surface area contributed by atoms with E-state index in [1.54, 1.807) is 12.1 Å². The second kappa shape index (κ2) is 5.26. The first-order chi connectivity index (χ1) is 9.66. The number of carbonyl (C=O) groups is 1. The fourth-order valence-corrected chi connectivity index (χ4v) is 2.95. The monoisotopic (exact) mass is 273 g/mol. The normalized spacial score (nSPS) is 16.6. The van der Waals surface area contributed by atoms with Crippen LogP contribution < -0.4 is 5.32 Å². The minimum absolute atomic E-state index is 0.397. The summed E-state index contributed by atoms with van der Waals surface area (Å²) in [5.74, 6) is -0.858. The summed E-state index contributed by atoms with van der Waals surface area (Å²) < 4.78 is 2.01. The zero-order chi connectivity index (χ0) is 14.1. The van der Waals surface area contributed by atoms with Gasteiger partial charge in [-0.3, -0.25) is 4.90 Å². The summed E-state index contributed by atoms with van der Waals surface area (Å²) in [6.07, 6.45) is 2.05. The molecule has 2 aromatic rings. The van der Waals surface area contributed by atoms with Gasteiger partial charge in [0, 0.05) is 56.9 Å². The van der Waals surface area contributed by atoms with Crippen molar-refractivity contribution >= 4 is 16.9 Å². The number of nitrogens with zero attached hydrogens (tertiary/aromatic N) is 2. The number of rotatable bonds is 3. The molecule has 106 valence electrons. The van der Waals surface area contributed by atoms with E-state index in [1.807, 2.05) is 17.7 Å². The predicted molar refractivity (Wildman–Crippen MR) is 78.0 cm³/mol. The molecule has 2 heterocycles. The number of piperazine rings is 1. The molecule has 20 heavy (non-hydrogen) atoms. The lowest BCUT2D eigenvalue weighted by molar-refractivity contribution is 0.0699. The number of aromatic carboxylic acids is 1. The van der Waals surface area contributed by atoms with E-state index in [4.69, 9.17) is 0 Å². The maximum absolute atomic E-state index is 11.4. The Kier molecular flexibility index (Phi) is 3.46. The molecule has 1 fully saturated rings. The molecule has 0 aliphatic carbocycles. The van der Waals surface area contributed by atoms with Crippen molar-refractivity contribution in [3.63, 3.8) is 0 Å². The third-order valence-corrected chi connectivity index (χ3v) is 3.93. The van der Waals surface area contributed by atoms with Crippen LogP contribution in [0.3, 0.4) is 0 Å². The van der Waals surface area contributed by atoms with Gasteiger partial charge in [-0.05, 0) is 17.7 Å². The van der Waals surface area contributed by atoms with E-state index in [-0.39, 0.29) is 0 Å². The van der Waals surface area contributed by atoms with Gasteiger partial charge >= 0.3 is 5.97 Å². The molecule has 5 nitrogen and oxygen atoms in total. The van der Waals surface area contributed by atoms with E-state index in [9.17, 15) is 9.90 Å². The summed E-state index contributed by atoms with van der Waals surface area (Å²) in [7, 11) is 1.97. The molecule has 2 N–H and O–H groups in total. The Balaban J connectivity index is 2.03. The molecular formula is C15H19N3O2. The first-order valence-electron chi connectivity index (χ1n) is 6.90. The molecule has 3 rings (SSSR count). The van der Waals surface area contributed by atoms with Crippen molar-refractivity contribution in [1.29, 1.82) is 0 Å². The lowest BCUT2D eigenvalue weighted by atomic mass is 10.1. The summed E-state index contributed by atoms with van der Waals surface area (Å²) in [6, 6.07) is 5.47. The molecule has 1 aromatic carbocycles. The molecule has 0 spiro atoms. The third-order valence-electron chi connectivity index (χ3n) is 3.93. The lowest BCUT2D eigenvalue weighted by Crippen LogP contribution is -2.42. The van der Waals surface area contributed by atoms with E-state index < -0.39 is 5.97 Å². The molecule has 1 saturated heterocycles. The van der Waals surface area contributed by atoms with Gasteiger partial charge in [-0.2, -0.15) is 0 Å². The van der Waals surface area contributed by atoms with Crippen LogP contribution in [-0.4, -0.2) is 46.7 Å². The molecule has 0 saturated carbocycles. The smallest absolute Gasteiger partial charge is 0.336 e. The van der Waals surface area contributed by atoms with Crippen LogP contribution in [0.1, 0.15) is 15.9 Å². The van der Waals surface area contributed by atoms with Crippen LogP contribution in [-0.2, 0) is 13.6 Å². The van der Waals surface area contributed by atoms with Crippen molar-refractivity contribution in [2.24, 2.45) is 7.05 Å². The molecule has 0 radical (unpaired) electrons. The van der Waals surface area contributed by atoms with Crippen molar-refractivity contribution in [2.75, 3.05) is 26.2 Å². The summed E-state index contributed by atoms with van der Waals surface area (Å²) in [6.45, 7) is 4.81. The van der Waals surface area contributed by atoms with Crippen LogP contribution >= 0.6 is 0 Å². The Morgan fingerprint density at radius 3 is 2.80 bits per heavy atom. The number of hydrogen-bond donors (Lipinski definition) is 2. The fourth-order valence-electron chi connectivity index (χ4n) is 2.95. The number of carboxylic acids is 1. The zero-order valence-electron chi connectivity index (χ0n) is 11.6. The van der Waals surface area contributed by atoms with E-state index in [0.29, 0.717) is 5.56 Å². The molecule has 0 amide bonds. The number of aromatic nitrogens is 1. The average Bonchev–Trinajstić information content (AvgIpc) is 2.77. The Morgan fingerprint density at radius 2 is 2.10 bits per heavy atom. The molecule has 5 heteroatoms. The van der Waals surface area contributed by atoms with Gasteiger partial charge in [0.15, 0.2) is 0 Å². The van der Waals surface area contributed by atoms with Crippen molar-refractivity contribution in [2.45, 2.75) is 6.54 Å². The zero-order valence-corrected chi connectivity index (χ0v) is 11.6. The lowest BCUT2D eigenvalue weighted by Gasteiger charge is -2.27. The second-order valence-corrected chi connectivity index (χ2v) is 5.30. The highest BCUT2D eigenvalue weighted by Gasteiger charge is 2.18. The van der Waals surface area contributed by atoms with Crippen molar-refractivity contribution in [3.8, 4) is 0 Å². The number of carboxylic acid groups (broad SMARTS) is 1. The maximum atomic E-state index is 11.4. The number of benzene rings is 1. The topological polar surface area (TPSA) is 57.5 Å². The van der Waals surface area contributed by atoms with Crippen LogP contribution in [0, 0.1) is 0 Å². The van der Waals surface area contributed by atoms with Gasteiger partial charge < -0.3 is 15.0 Å². The van der Waals surface area contributed by atoms with Crippen molar-refractivity contribution in [3.05, 3.63) is 35.5 Å². The Hall–Kier alpha value is -1.85. The molecule has 0 bridgehead atoms. The SMILES string of the molecule is Cn1cc(CN2CCNCC2)c2c(C(=O)O)cccc21. The molecule has 1 aromatic heterocycles. The molecule has 0 atom stereocenters. The van der Waals surface area contributed by atoms with Gasteiger partial charge in [-0.15, -0.1) is 0 Å². The molecule has 0 unspecified atom stereocenters. The predicted octanol–water partition coefficient (Wildman–Crippen LogP) is 1.28. The Morgan fingerprint density at radius 1 is 1.35 bits per heavy atom. The Bertz CT molecular complexity index is 642. The van der Waals surface area contributed by atoms with Crippen molar-refractivity contribution in [1.82, 2.24) is 14.8 Å². The summed E-state index contributed by atoms with van der Waals surface area (Å²) in [5, 5.41) is 13.6. The standard InChI is InChI=1S/C15H19N3O2/c1-17-9-11(10-18-7-5-16-6-8-18)14-12(15(19)20)3-2-4-13(14)17/h2-4,9,16H,5-8,10H2,1H3,(H,19,20). The van der Waals surface area contributed by atoms with Crippen LogP contribution in [0.25, 0.3) is 10.9 Å². The molecule has 1 aliphatic heterocycles. The fraction of sp³-hybridized carbons (Fsp3) is 0.400. The summed E-state index contributed by atoms with van der Waals surface area (Å²) in [4.78, 5) is 13.8. The van der Waals surface area contributed by atoms with Crippen molar-refractivity contribution < 1.29 is 9.90 Å². The van der Waals surface area contributed by atoms with Gasteiger partial charge in [-0.1, -0.05) is 6.07 Å². The van der Waals surface area contributed by atoms with Crippen LogP contribution in [0.15, 0.2) is 24.4 Å². The Labute approximate surface area is 117 Å². The average molecular weight is 273 g/mol. The number of fused-ring (bicyclic) bond motifs is 1. The first kappa shape index (κ1) is 13.1. The van der Waals surface area contributed by atoms with E-state index in [1.165, 1.54) is 0 Å². The van der Waals surface area contributed by atoms with Crippen LogP contribution in [0.5, 0.6) is 0 Å². The van der Waals surface area contributed by atoms with Gasteiger partial charge in [0.1, 0.15) is 0 Å². The van der Waals surface area contributed by atoms with Crippen LogP contribution in [0.4, 0.5) is 0 Å². The highest BCUT2D eigenvalue weighted by molar-refractivity contribution is 6.04. The van der Waals surface area contributed by atoms with Crippen LogP contribution in [0.2, 0.25) is 0 Å². The maximum Gasteiger partial charge on any atom is 0.336 e. The summed E-state index contributed by atoms with van der Waals surface area (Å²) in [5.41, 5.74) is 2.48. The van der Waals surface area contributed by atoms with Gasteiger partial charge in [0.2, 0.25) is 0 Å². The van der Waals surface area contributed by atoms with Gasteiger partial charge in [-0.25, -0.2) is 4.79 Å². The van der Waals surface area contributed by atoms with E-state index in [2.05, 4.69) is 16.4 Å².